The summed E-state index contributed by atoms with van der Waals surface area (Å²) in [4.78, 5) is 14.1. The fourth-order valence-electron chi connectivity index (χ4n) is 1.12. The van der Waals surface area contributed by atoms with Gasteiger partial charge in [-0.2, -0.15) is 10.5 Å². The van der Waals surface area contributed by atoms with Crippen LogP contribution in [-0.4, -0.2) is 15.2 Å². The van der Waals surface area contributed by atoms with Gasteiger partial charge in [-0.3, -0.25) is 4.79 Å². The number of nitrogens with zero attached hydrogens (tertiary/aromatic N) is 4. The zero-order valence-corrected chi connectivity index (χ0v) is 9.27. The van der Waals surface area contributed by atoms with Crippen molar-refractivity contribution in [1.29, 1.82) is 10.5 Å². The third-order valence-corrected chi connectivity index (χ3v) is 1.96. The van der Waals surface area contributed by atoms with Crippen molar-refractivity contribution in [1.82, 2.24) is 15.2 Å². The molecule has 0 aliphatic carbocycles. The Kier molecular flexibility index (Phi) is 3.05. The number of aromatic amines is 1. The number of aromatic nitrogens is 3. The summed E-state index contributed by atoms with van der Waals surface area (Å²) in [6.07, 6.45) is 0. The van der Waals surface area contributed by atoms with Crippen LogP contribution in [0.4, 0.5) is 0 Å². The lowest BCUT2D eigenvalue weighted by Gasteiger charge is -2.15. The molecule has 0 aliphatic heterocycles. The van der Waals surface area contributed by atoms with E-state index in [2.05, 4.69) is 15.2 Å². The van der Waals surface area contributed by atoms with Crippen LogP contribution in [0.25, 0.3) is 0 Å². The summed E-state index contributed by atoms with van der Waals surface area (Å²) < 4.78 is 0. The van der Waals surface area contributed by atoms with Crippen LogP contribution in [0.1, 0.15) is 38.2 Å². The molecule has 0 radical (unpaired) electrons. The molecule has 1 aromatic heterocycles. The smallest absolute Gasteiger partial charge is 0.273 e. The van der Waals surface area contributed by atoms with Crippen LogP contribution in [0.5, 0.6) is 0 Å². The highest BCUT2D eigenvalue weighted by Crippen LogP contribution is 2.15. The molecule has 0 amide bonds. The molecule has 6 heteroatoms. The number of hydrogen-bond donors (Lipinski definition) is 1. The van der Waals surface area contributed by atoms with Crippen molar-refractivity contribution in [2.75, 3.05) is 0 Å². The van der Waals surface area contributed by atoms with Gasteiger partial charge in [0, 0.05) is 5.41 Å². The Morgan fingerprint density at radius 1 is 1.25 bits per heavy atom. The fraction of sp³-hybridized carbons (Fsp3) is 0.500. The monoisotopic (exact) mass is 217 g/mol. The maximum Gasteiger partial charge on any atom is 0.273 e. The lowest BCUT2D eigenvalue weighted by Crippen LogP contribution is -2.29. The summed E-state index contributed by atoms with van der Waals surface area (Å²) in [7, 11) is 0. The second-order valence-electron chi connectivity index (χ2n) is 4.33. The SMILES string of the molecule is CC(C)(C)c1nnc(C(C#N)C#N)[nH]c1=O. The van der Waals surface area contributed by atoms with Crippen molar-refractivity contribution in [2.45, 2.75) is 32.1 Å². The van der Waals surface area contributed by atoms with E-state index in [4.69, 9.17) is 10.5 Å². The van der Waals surface area contributed by atoms with Gasteiger partial charge in [-0.05, 0) is 0 Å². The quantitative estimate of drug-likeness (QED) is 0.741. The van der Waals surface area contributed by atoms with E-state index < -0.39 is 16.9 Å². The Bertz CT molecular complexity index is 512. The van der Waals surface area contributed by atoms with Gasteiger partial charge in [-0.25, -0.2) is 0 Å². The van der Waals surface area contributed by atoms with E-state index in [0.717, 1.165) is 0 Å². The molecule has 6 nitrogen and oxygen atoms in total. The Balaban J connectivity index is 3.27. The average molecular weight is 217 g/mol. The van der Waals surface area contributed by atoms with Crippen molar-refractivity contribution in [2.24, 2.45) is 0 Å². The predicted molar refractivity (Wildman–Crippen MR) is 55.3 cm³/mol. The van der Waals surface area contributed by atoms with E-state index in [0.29, 0.717) is 0 Å². The highest BCUT2D eigenvalue weighted by atomic mass is 16.1. The molecule has 0 spiro atoms. The van der Waals surface area contributed by atoms with Crippen molar-refractivity contribution in [3.05, 3.63) is 21.9 Å². The summed E-state index contributed by atoms with van der Waals surface area (Å²) in [5, 5.41) is 24.7. The van der Waals surface area contributed by atoms with Gasteiger partial charge in [-0.15, -0.1) is 10.2 Å². The van der Waals surface area contributed by atoms with Gasteiger partial charge in [-0.1, -0.05) is 20.8 Å². The van der Waals surface area contributed by atoms with Crippen LogP contribution in [-0.2, 0) is 5.41 Å². The molecule has 0 atom stereocenters. The van der Waals surface area contributed by atoms with E-state index in [9.17, 15) is 4.79 Å². The third-order valence-electron chi connectivity index (χ3n) is 1.96. The molecule has 0 saturated carbocycles. The Labute approximate surface area is 92.6 Å². The first-order valence-corrected chi connectivity index (χ1v) is 4.66. The number of H-pyrrole nitrogens is 1. The fourth-order valence-corrected chi connectivity index (χ4v) is 1.12. The number of nitriles is 2. The number of rotatable bonds is 1. The van der Waals surface area contributed by atoms with E-state index in [1.54, 1.807) is 12.1 Å². The summed E-state index contributed by atoms with van der Waals surface area (Å²) in [6.45, 7) is 5.49. The normalized spacial score (nSPS) is 10.9. The van der Waals surface area contributed by atoms with Crippen LogP contribution in [0.2, 0.25) is 0 Å². The standard InChI is InChI=1S/C10H11N5O/c1-10(2,3)7-9(16)13-8(15-14-7)6(4-11)5-12/h6H,1-3H3,(H,13,15,16). The van der Waals surface area contributed by atoms with Crippen LogP contribution in [0.15, 0.2) is 4.79 Å². The Morgan fingerprint density at radius 2 is 1.81 bits per heavy atom. The van der Waals surface area contributed by atoms with Crippen LogP contribution in [0, 0.1) is 22.7 Å². The number of nitrogens with one attached hydrogen (secondary N) is 1. The molecule has 1 N–H and O–H groups in total. The maximum absolute atomic E-state index is 11.6. The van der Waals surface area contributed by atoms with Crippen molar-refractivity contribution >= 4 is 0 Å². The van der Waals surface area contributed by atoms with Gasteiger partial charge < -0.3 is 4.98 Å². The molecule has 16 heavy (non-hydrogen) atoms. The minimum Gasteiger partial charge on any atom is -0.305 e. The van der Waals surface area contributed by atoms with Crippen LogP contribution >= 0.6 is 0 Å². The first-order chi connectivity index (χ1) is 7.40. The molecular formula is C10H11N5O. The molecule has 0 fully saturated rings. The second kappa shape index (κ2) is 4.11. The highest BCUT2D eigenvalue weighted by molar-refractivity contribution is 5.19. The van der Waals surface area contributed by atoms with Crippen molar-refractivity contribution in [3.63, 3.8) is 0 Å². The zero-order chi connectivity index (χ0) is 12.3. The topological polar surface area (TPSA) is 106 Å². The summed E-state index contributed by atoms with van der Waals surface area (Å²) in [5.41, 5.74) is -0.549. The molecule has 0 saturated heterocycles. The molecule has 0 unspecified atom stereocenters. The molecule has 0 aromatic carbocycles. The van der Waals surface area contributed by atoms with Gasteiger partial charge in [0.05, 0.1) is 12.1 Å². The summed E-state index contributed by atoms with van der Waals surface area (Å²) in [5.74, 6) is -1.10. The first kappa shape index (κ1) is 11.9. The lowest BCUT2D eigenvalue weighted by atomic mass is 9.93. The Morgan fingerprint density at radius 3 is 2.19 bits per heavy atom. The van der Waals surface area contributed by atoms with Gasteiger partial charge in [0.15, 0.2) is 11.7 Å². The van der Waals surface area contributed by atoms with Gasteiger partial charge in [0.25, 0.3) is 5.56 Å². The van der Waals surface area contributed by atoms with E-state index in [-0.39, 0.29) is 11.5 Å². The molecule has 1 rings (SSSR count). The molecule has 0 aliphatic rings. The predicted octanol–water partition coefficient (Wildman–Crippen LogP) is 0.593. The largest absolute Gasteiger partial charge is 0.305 e. The Hall–Kier alpha value is -2.21. The first-order valence-electron chi connectivity index (χ1n) is 4.66. The van der Waals surface area contributed by atoms with E-state index in [1.165, 1.54) is 0 Å². The average Bonchev–Trinajstić information content (AvgIpc) is 2.17. The summed E-state index contributed by atoms with van der Waals surface area (Å²) in [6, 6.07) is 3.44. The maximum atomic E-state index is 11.6. The number of hydrogen-bond acceptors (Lipinski definition) is 5. The third kappa shape index (κ3) is 2.23. The van der Waals surface area contributed by atoms with Gasteiger partial charge in [0.1, 0.15) is 5.69 Å². The minimum atomic E-state index is -1.09. The van der Waals surface area contributed by atoms with Gasteiger partial charge >= 0.3 is 0 Å². The molecule has 1 aromatic rings. The highest BCUT2D eigenvalue weighted by Gasteiger charge is 2.22. The molecular weight excluding hydrogens is 206 g/mol. The second-order valence-corrected chi connectivity index (χ2v) is 4.33. The zero-order valence-electron chi connectivity index (χ0n) is 9.27. The van der Waals surface area contributed by atoms with E-state index >= 15 is 0 Å². The van der Waals surface area contributed by atoms with Gasteiger partial charge in [0.2, 0.25) is 0 Å². The molecule has 82 valence electrons. The molecule has 1 heterocycles. The van der Waals surface area contributed by atoms with Crippen LogP contribution < -0.4 is 5.56 Å². The van der Waals surface area contributed by atoms with Crippen molar-refractivity contribution in [3.8, 4) is 12.1 Å². The van der Waals surface area contributed by atoms with Crippen molar-refractivity contribution < 1.29 is 0 Å². The minimum absolute atomic E-state index is 0.0111. The lowest BCUT2D eigenvalue weighted by molar-refractivity contribution is 0.541. The van der Waals surface area contributed by atoms with Crippen LogP contribution in [0.3, 0.4) is 0 Å². The molecule has 0 bridgehead atoms. The summed E-state index contributed by atoms with van der Waals surface area (Å²) >= 11 is 0. The van der Waals surface area contributed by atoms with E-state index in [1.807, 2.05) is 20.8 Å².